The van der Waals surface area contributed by atoms with Crippen LogP contribution in [-0.4, -0.2) is 9.97 Å². The van der Waals surface area contributed by atoms with Crippen LogP contribution in [0.25, 0.3) is 88.6 Å². The normalized spacial score (nSPS) is 11.2. The van der Waals surface area contributed by atoms with Gasteiger partial charge < -0.3 is 0 Å². The highest BCUT2D eigenvalue weighted by Gasteiger charge is 2.18. The summed E-state index contributed by atoms with van der Waals surface area (Å²) in [6.45, 7) is 0. The highest BCUT2D eigenvalue weighted by atomic mass is 14.7. The fourth-order valence-corrected chi connectivity index (χ4v) is 7.13. The Balaban J connectivity index is 1.20. The molecule has 0 atom stereocenters. The first-order valence-electron chi connectivity index (χ1n) is 17.0. The Hall–Kier alpha value is -6.64. The third-order valence-corrected chi connectivity index (χ3v) is 9.61. The second-order valence-electron chi connectivity index (χ2n) is 12.6. The van der Waals surface area contributed by atoms with Crippen molar-refractivity contribution in [2.24, 2.45) is 0 Å². The Labute approximate surface area is 292 Å². The van der Waals surface area contributed by atoms with Crippen molar-refractivity contribution < 1.29 is 0 Å². The van der Waals surface area contributed by atoms with E-state index in [0.29, 0.717) is 0 Å². The predicted molar refractivity (Wildman–Crippen MR) is 210 cm³/mol. The van der Waals surface area contributed by atoms with Crippen molar-refractivity contribution in [3.05, 3.63) is 194 Å². The molecule has 2 heteroatoms. The molecule has 2 aromatic heterocycles. The van der Waals surface area contributed by atoms with E-state index in [-0.39, 0.29) is 0 Å². The SMILES string of the molecule is c1ccc(-c2ccc(-c3c4ccccc4c(-c4ccc(-c5ccc(-c6ccccn6)cn5)cc4)c4cc(-c5ccccc5)ccc34)cc2)cc1. The Kier molecular flexibility index (Phi) is 7.53. The lowest BCUT2D eigenvalue weighted by Crippen LogP contribution is -1.92. The second-order valence-corrected chi connectivity index (χ2v) is 12.6. The summed E-state index contributed by atoms with van der Waals surface area (Å²) in [5.74, 6) is 0. The third kappa shape index (κ3) is 5.43. The Morgan fingerprint density at radius 3 is 1.32 bits per heavy atom. The second kappa shape index (κ2) is 12.8. The molecular formula is C48H32N2. The number of aromatic nitrogens is 2. The first kappa shape index (κ1) is 29.5. The molecule has 0 radical (unpaired) electrons. The molecule has 0 fully saturated rings. The molecule has 0 N–H and O–H groups in total. The minimum atomic E-state index is 0.922. The number of hydrogen-bond acceptors (Lipinski definition) is 2. The van der Waals surface area contributed by atoms with Crippen molar-refractivity contribution in [3.63, 3.8) is 0 Å². The van der Waals surface area contributed by atoms with Crippen molar-refractivity contribution >= 4 is 21.5 Å². The minimum absolute atomic E-state index is 0.922. The van der Waals surface area contributed by atoms with Crippen LogP contribution in [0.1, 0.15) is 0 Å². The van der Waals surface area contributed by atoms with Crippen LogP contribution in [0.3, 0.4) is 0 Å². The van der Waals surface area contributed by atoms with Gasteiger partial charge >= 0.3 is 0 Å². The fourth-order valence-electron chi connectivity index (χ4n) is 7.13. The van der Waals surface area contributed by atoms with Crippen molar-refractivity contribution in [1.82, 2.24) is 9.97 Å². The van der Waals surface area contributed by atoms with E-state index in [0.717, 1.165) is 22.5 Å². The number of rotatable bonds is 6. The van der Waals surface area contributed by atoms with Gasteiger partial charge in [0.1, 0.15) is 0 Å². The molecule has 9 rings (SSSR count). The lowest BCUT2D eigenvalue weighted by molar-refractivity contribution is 1.28. The topological polar surface area (TPSA) is 25.8 Å². The van der Waals surface area contributed by atoms with Crippen LogP contribution in [0.2, 0.25) is 0 Å². The van der Waals surface area contributed by atoms with Gasteiger partial charge in [-0.1, -0.05) is 152 Å². The maximum Gasteiger partial charge on any atom is 0.0717 e. The van der Waals surface area contributed by atoms with E-state index >= 15 is 0 Å². The molecule has 2 heterocycles. The molecule has 0 spiro atoms. The molecule has 2 nitrogen and oxygen atoms in total. The molecule has 0 bridgehead atoms. The van der Waals surface area contributed by atoms with E-state index in [4.69, 9.17) is 4.98 Å². The largest absolute Gasteiger partial charge is 0.256 e. The number of benzene rings is 7. The number of pyridine rings is 2. The molecule has 7 aromatic carbocycles. The molecule has 0 unspecified atom stereocenters. The number of nitrogens with zero attached hydrogens (tertiary/aromatic N) is 2. The van der Waals surface area contributed by atoms with Crippen LogP contribution >= 0.6 is 0 Å². The maximum absolute atomic E-state index is 4.80. The first-order valence-corrected chi connectivity index (χ1v) is 17.0. The molecule has 0 saturated carbocycles. The fraction of sp³-hybridized carbons (Fsp3) is 0. The van der Waals surface area contributed by atoms with Gasteiger partial charge in [0.15, 0.2) is 0 Å². The standard InChI is InChI=1S/C48H32N2/c1-3-11-33(12-4-1)35-18-22-37(23-19-35)47-41-15-7-8-16-42(41)48(44-31-39(26-28-43(44)47)34-13-5-2-6-14-34)38-24-20-36(21-25-38)46-29-27-40(32-50-46)45-17-9-10-30-49-45/h1-32H. The summed E-state index contributed by atoms with van der Waals surface area (Å²) >= 11 is 0. The van der Waals surface area contributed by atoms with Crippen molar-refractivity contribution in [2.45, 2.75) is 0 Å². The van der Waals surface area contributed by atoms with Gasteiger partial charge in [-0.25, -0.2) is 0 Å². The summed E-state index contributed by atoms with van der Waals surface area (Å²) in [5.41, 5.74) is 13.7. The lowest BCUT2D eigenvalue weighted by Gasteiger charge is -2.19. The van der Waals surface area contributed by atoms with Crippen molar-refractivity contribution in [1.29, 1.82) is 0 Å². The summed E-state index contributed by atoms with van der Waals surface area (Å²) in [4.78, 5) is 9.28. The highest BCUT2D eigenvalue weighted by Crippen LogP contribution is 2.45. The third-order valence-electron chi connectivity index (χ3n) is 9.61. The first-order chi connectivity index (χ1) is 24.8. The van der Waals surface area contributed by atoms with Crippen LogP contribution in [0, 0.1) is 0 Å². The maximum atomic E-state index is 4.80. The summed E-state index contributed by atoms with van der Waals surface area (Å²) in [6, 6.07) is 65.1. The van der Waals surface area contributed by atoms with E-state index in [1.54, 1.807) is 0 Å². The van der Waals surface area contributed by atoms with E-state index in [1.807, 2.05) is 30.6 Å². The molecule has 0 aliphatic carbocycles. The molecule has 0 saturated heterocycles. The Morgan fingerprint density at radius 1 is 0.260 bits per heavy atom. The smallest absolute Gasteiger partial charge is 0.0717 e. The average Bonchev–Trinajstić information content (AvgIpc) is 3.21. The van der Waals surface area contributed by atoms with Crippen molar-refractivity contribution in [3.8, 4) is 67.0 Å². The molecular weight excluding hydrogens is 605 g/mol. The summed E-state index contributed by atoms with van der Waals surface area (Å²) in [5, 5.41) is 4.95. The van der Waals surface area contributed by atoms with E-state index < -0.39 is 0 Å². The summed E-state index contributed by atoms with van der Waals surface area (Å²) in [6.07, 6.45) is 3.72. The molecule has 234 valence electrons. The van der Waals surface area contributed by atoms with E-state index in [9.17, 15) is 0 Å². The van der Waals surface area contributed by atoms with Crippen LogP contribution in [0.4, 0.5) is 0 Å². The zero-order valence-corrected chi connectivity index (χ0v) is 27.4. The lowest BCUT2D eigenvalue weighted by atomic mass is 9.84. The zero-order valence-electron chi connectivity index (χ0n) is 27.4. The molecule has 0 aliphatic rings. The van der Waals surface area contributed by atoms with Crippen LogP contribution in [0.15, 0.2) is 194 Å². The minimum Gasteiger partial charge on any atom is -0.256 e. The Morgan fingerprint density at radius 2 is 0.720 bits per heavy atom. The Bertz CT molecular complexity index is 2580. The van der Waals surface area contributed by atoms with Gasteiger partial charge in [0.05, 0.1) is 11.4 Å². The van der Waals surface area contributed by atoms with E-state index in [1.165, 1.54) is 66.1 Å². The van der Waals surface area contributed by atoms with Gasteiger partial charge in [-0.05, 0) is 96.4 Å². The highest BCUT2D eigenvalue weighted by molar-refractivity contribution is 6.22. The monoisotopic (exact) mass is 636 g/mol. The van der Waals surface area contributed by atoms with Crippen LogP contribution in [0.5, 0.6) is 0 Å². The van der Waals surface area contributed by atoms with Gasteiger partial charge in [0.2, 0.25) is 0 Å². The van der Waals surface area contributed by atoms with Crippen LogP contribution in [-0.2, 0) is 0 Å². The van der Waals surface area contributed by atoms with Crippen LogP contribution < -0.4 is 0 Å². The van der Waals surface area contributed by atoms with Gasteiger partial charge in [-0.3, -0.25) is 9.97 Å². The van der Waals surface area contributed by atoms with Gasteiger partial charge in [0, 0.05) is 23.5 Å². The molecule has 0 aliphatic heterocycles. The summed E-state index contributed by atoms with van der Waals surface area (Å²) < 4.78 is 0. The van der Waals surface area contributed by atoms with Gasteiger partial charge in [-0.2, -0.15) is 0 Å². The molecule has 50 heavy (non-hydrogen) atoms. The molecule has 9 aromatic rings. The summed E-state index contributed by atoms with van der Waals surface area (Å²) in [7, 11) is 0. The predicted octanol–water partition coefficient (Wildman–Crippen LogP) is 12.8. The van der Waals surface area contributed by atoms with Crippen molar-refractivity contribution in [2.75, 3.05) is 0 Å². The average molecular weight is 637 g/mol. The van der Waals surface area contributed by atoms with Gasteiger partial charge in [0.25, 0.3) is 0 Å². The van der Waals surface area contributed by atoms with Gasteiger partial charge in [-0.15, -0.1) is 0 Å². The number of fused-ring (bicyclic) bond motifs is 2. The van der Waals surface area contributed by atoms with E-state index in [2.05, 4.69) is 169 Å². The quantitative estimate of drug-likeness (QED) is 0.170. The zero-order chi connectivity index (χ0) is 33.3. The number of hydrogen-bond donors (Lipinski definition) is 0. The molecule has 0 amide bonds.